The van der Waals surface area contributed by atoms with Crippen LogP contribution in [0.15, 0.2) is 18.2 Å². The average molecular weight is 304 g/mol. The minimum Gasteiger partial charge on any atom is -0.319 e. The molecular formula is C16H21FN4O. The summed E-state index contributed by atoms with van der Waals surface area (Å²) in [5.41, 5.74) is 0.466. The molecule has 1 aromatic rings. The molecule has 1 saturated heterocycles. The van der Waals surface area contributed by atoms with Gasteiger partial charge in [-0.25, -0.2) is 9.18 Å². The molecule has 0 saturated carbocycles. The molecule has 1 N–H and O–H groups in total. The maximum absolute atomic E-state index is 13.1. The standard InChI is InChI=1S/C16H21FN4O/c1-4-20-9-12(3)21(10-11(20)2)16(22)19-15-6-5-14(17)7-13(15)8-18/h5-7,11-12H,4,9-10H2,1-3H3,(H,19,22)/t11-,12+/m1/s1. The van der Waals surface area contributed by atoms with E-state index in [-0.39, 0.29) is 23.7 Å². The Hall–Kier alpha value is -2.13. The minimum atomic E-state index is -0.493. The van der Waals surface area contributed by atoms with Crippen molar-refractivity contribution in [2.75, 3.05) is 25.0 Å². The summed E-state index contributed by atoms with van der Waals surface area (Å²) in [4.78, 5) is 16.6. The fourth-order valence-electron chi connectivity index (χ4n) is 2.83. The van der Waals surface area contributed by atoms with E-state index in [0.29, 0.717) is 12.2 Å². The zero-order valence-corrected chi connectivity index (χ0v) is 13.1. The van der Waals surface area contributed by atoms with E-state index in [1.165, 1.54) is 12.1 Å². The molecule has 6 heteroatoms. The van der Waals surface area contributed by atoms with Crippen molar-refractivity contribution in [2.45, 2.75) is 32.9 Å². The van der Waals surface area contributed by atoms with Crippen LogP contribution in [0.1, 0.15) is 26.3 Å². The predicted molar refractivity (Wildman–Crippen MR) is 83.0 cm³/mol. The molecule has 0 radical (unpaired) electrons. The normalized spacial score (nSPS) is 22.2. The number of piperazine rings is 1. The lowest BCUT2D eigenvalue weighted by atomic mass is 10.1. The maximum atomic E-state index is 13.1. The Morgan fingerprint density at radius 2 is 2.14 bits per heavy atom. The molecule has 1 aromatic carbocycles. The van der Waals surface area contributed by atoms with Gasteiger partial charge in [0, 0.05) is 25.2 Å². The first-order chi connectivity index (χ1) is 10.5. The van der Waals surface area contributed by atoms with Crippen LogP contribution in [-0.4, -0.2) is 47.5 Å². The van der Waals surface area contributed by atoms with Gasteiger partial charge in [-0.15, -0.1) is 0 Å². The first-order valence-electron chi connectivity index (χ1n) is 7.47. The fourth-order valence-corrected chi connectivity index (χ4v) is 2.83. The monoisotopic (exact) mass is 304 g/mol. The molecule has 0 bridgehead atoms. The quantitative estimate of drug-likeness (QED) is 0.913. The highest BCUT2D eigenvalue weighted by Gasteiger charge is 2.31. The molecule has 1 heterocycles. The fraction of sp³-hybridized carbons (Fsp3) is 0.500. The molecule has 1 aliphatic heterocycles. The van der Waals surface area contributed by atoms with E-state index in [0.717, 1.165) is 19.2 Å². The number of hydrogen-bond donors (Lipinski definition) is 1. The first-order valence-corrected chi connectivity index (χ1v) is 7.47. The van der Waals surface area contributed by atoms with Gasteiger partial charge in [0.15, 0.2) is 0 Å². The maximum Gasteiger partial charge on any atom is 0.322 e. The molecule has 0 aromatic heterocycles. The Morgan fingerprint density at radius 3 is 2.77 bits per heavy atom. The third-order valence-corrected chi connectivity index (χ3v) is 4.13. The lowest BCUT2D eigenvalue weighted by molar-refractivity contribution is 0.0720. The first kappa shape index (κ1) is 16.2. The zero-order chi connectivity index (χ0) is 16.3. The van der Waals surface area contributed by atoms with Crippen molar-refractivity contribution in [3.63, 3.8) is 0 Å². The molecule has 1 fully saturated rings. The third kappa shape index (κ3) is 3.37. The number of anilines is 1. The largest absolute Gasteiger partial charge is 0.322 e. The van der Waals surface area contributed by atoms with Gasteiger partial charge in [-0.1, -0.05) is 6.92 Å². The Morgan fingerprint density at radius 1 is 1.41 bits per heavy atom. The molecule has 1 aliphatic rings. The highest BCUT2D eigenvalue weighted by atomic mass is 19.1. The van der Waals surface area contributed by atoms with Crippen LogP contribution in [0, 0.1) is 17.1 Å². The van der Waals surface area contributed by atoms with E-state index < -0.39 is 5.82 Å². The molecule has 2 rings (SSSR count). The van der Waals surface area contributed by atoms with E-state index in [2.05, 4.69) is 24.1 Å². The van der Waals surface area contributed by atoms with Crippen molar-refractivity contribution in [3.05, 3.63) is 29.6 Å². The molecule has 2 amide bonds. The van der Waals surface area contributed by atoms with Gasteiger partial charge < -0.3 is 10.2 Å². The number of amides is 2. The van der Waals surface area contributed by atoms with Crippen LogP contribution < -0.4 is 5.32 Å². The van der Waals surface area contributed by atoms with E-state index in [9.17, 15) is 9.18 Å². The lowest BCUT2D eigenvalue weighted by Crippen LogP contribution is -2.58. The molecule has 0 spiro atoms. The Bertz CT molecular complexity index is 598. The number of nitrogens with zero attached hydrogens (tertiary/aromatic N) is 3. The van der Waals surface area contributed by atoms with Gasteiger partial charge in [-0.05, 0) is 38.6 Å². The Balaban J connectivity index is 2.11. The molecule has 0 aliphatic carbocycles. The SMILES string of the molecule is CCN1C[C@H](C)N(C(=O)Nc2ccc(F)cc2C#N)C[C@H]1C. The number of hydrogen-bond acceptors (Lipinski definition) is 3. The summed E-state index contributed by atoms with van der Waals surface area (Å²) in [7, 11) is 0. The van der Waals surface area contributed by atoms with Gasteiger partial charge in [0.05, 0.1) is 11.3 Å². The Kier molecular flexibility index (Phi) is 4.99. The highest BCUT2D eigenvalue weighted by molar-refractivity contribution is 5.91. The second kappa shape index (κ2) is 6.75. The molecule has 22 heavy (non-hydrogen) atoms. The summed E-state index contributed by atoms with van der Waals surface area (Å²) in [6.07, 6.45) is 0. The van der Waals surface area contributed by atoms with Crippen LogP contribution in [0.4, 0.5) is 14.9 Å². The summed E-state index contributed by atoms with van der Waals surface area (Å²) in [5, 5.41) is 11.8. The van der Waals surface area contributed by atoms with Crippen molar-refractivity contribution >= 4 is 11.7 Å². The summed E-state index contributed by atoms with van der Waals surface area (Å²) in [6, 6.07) is 5.79. The van der Waals surface area contributed by atoms with Crippen molar-refractivity contribution in [1.29, 1.82) is 5.26 Å². The van der Waals surface area contributed by atoms with Crippen LogP contribution in [-0.2, 0) is 0 Å². The second-order valence-electron chi connectivity index (χ2n) is 5.67. The molecule has 0 unspecified atom stereocenters. The number of carbonyl (C=O) groups is 1. The van der Waals surface area contributed by atoms with E-state index in [1.54, 1.807) is 4.90 Å². The van der Waals surface area contributed by atoms with Crippen molar-refractivity contribution in [1.82, 2.24) is 9.80 Å². The molecule has 2 atom stereocenters. The third-order valence-electron chi connectivity index (χ3n) is 4.13. The van der Waals surface area contributed by atoms with Crippen LogP contribution in [0.25, 0.3) is 0 Å². The van der Waals surface area contributed by atoms with Crippen molar-refractivity contribution < 1.29 is 9.18 Å². The summed E-state index contributed by atoms with van der Waals surface area (Å²) in [5.74, 6) is -0.493. The molecular weight excluding hydrogens is 283 g/mol. The number of benzene rings is 1. The number of nitriles is 1. The van der Waals surface area contributed by atoms with Gasteiger partial charge in [0.1, 0.15) is 11.9 Å². The van der Waals surface area contributed by atoms with Crippen LogP contribution in [0.3, 0.4) is 0 Å². The van der Waals surface area contributed by atoms with Gasteiger partial charge in [-0.2, -0.15) is 5.26 Å². The van der Waals surface area contributed by atoms with Gasteiger partial charge in [0.25, 0.3) is 0 Å². The van der Waals surface area contributed by atoms with Gasteiger partial charge in [-0.3, -0.25) is 4.90 Å². The smallest absolute Gasteiger partial charge is 0.319 e. The number of nitrogens with one attached hydrogen (secondary N) is 1. The van der Waals surface area contributed by atoms with Crippen LogP contribution in [0.5, 0.6) is 0 Å². The zero-order valence-electron chi connectivity index (χ0n) is 13.1. The molecule has 118 valence electrons. The Labute approximate surface area is 130 Å². The summed E-state index contributed by atoms with van der Waals surface area (Å²) in [6.45, 7) is 8.61. The second-order valence-corrected chi connectivity index (χ2v) is 5.67. The number of urea groups is 1. The van der Waals surface area contributed by atoms with Gasteiger partial charge in [0.2, 0.25) is 0 Å². The van der Waals surface area contributed by atoms with Crippen LogP contribution in [0.2, 0.25) is 0 Å². The van der Waals surface area contributed by atoms with Gasteiger partial charge >= 0.3 is 6.03 Å². The number of likely N-dealkylation sites (N-methyl/N-ethyl adjacent to an activating group) is 1. The summed E-state index contributed by atoms with van der Waals surface area (Å²) < 4.78 is 13.1. The average Bonchev–Trinajstić information content (AvgIpc) is 2.50. The van der Waals surface area contributed by atoms with Crippen molar-refractivity contribution in [2.24, 2.45) is 0 Å². The topological polar surface area (TPSA) is 59.4 Å². The number of rotatable bonds is 2. The van der Waals surface area contributed by atoms with E-state index in [1.807, 2.05) is 13.0 Å². The highest BCUT2D eigenvalue weighted by Crippen LogP contribution is 2.19. The lowest BCUT2D eigenvalue weighted by Gasteiger charge is -2.43. The van der Waals surface area contributed by atoms with E-state index >= 15 is 0 Å². The number of halogens is 1. The van der Waals surface area contributed by atoms with Crippen LogP contribution >= 0.6 is 0 Å². The predicted octanol–water partition coefficient (Wildman–Crippen LogP) is 2.64. The number of carbonyl (C=O) groups excluding carboxylic acids is 1. The molecule has 5 nitrogen and oxygen atoms in total. The van der Waals surface area contributed by atoms with Crippen molar-refractivity contribution in [3.8, 4) is 6.07 Å². The summed E-state index contributed by atoms with van der Waals surface area (Å²) >= 11 is 0. The minimum absolute atomic E-state index is 0.0853. The van der Waals surface area contributed by atoms with E-state index in [4.69, 9.17) is 5.26 Å².